The second-order valence-corrected chi connectivity index (χ2v) is 6.00. The van der Waals surface area contributed by atoms with E-state index in [1.54, 1.807) is 12.1 Å². The number of nitrogens with two attached hydrogens (primary N) is 1. The molecule has 0 fully saturated rings. The van der Waals surface area contributed by atoms with E-state index in [4.69, 9.17) is 15.2 Å². The van der Waals surface area contributed by atoms with Gasteiger partial charge in [0.15, 0.2) is 11.5 Å². The van der Waals surface area contributed by atoms with Crippen LogP contribution in [0.25, 0.3) is 0 Å². The Morgan fingerprint density at radius 3 is 2.62 bits per heavy atom. The van der Waals surface area contributed by atoms with E-state index >= 15 is 0 Å². The van der Waals surface area contributed by atoms with Crippen LogP contribution in [0.1, 0.15) is 28.9 Å². The molecule has 0 saturated carbocycles. The lowest BCUT2D eigenvalue weighted by molar-refractivity contribution is 0.0950. The molecule has 24 heavy (non-hydrogen) atoms. The molecule has 3 N–H and O–H groups in total. The first-order chi connectivity index (χ1) is 11.6. The molecule has 2 rings (SSSR count). The van der Waals surface area contributed by atoms with E-state index in [0.717, 1.165) is 5.56 Å². The number of benzene rings is 2. The first kappa shape index (κ1) is 18.3. The molecule has 0 spiro atoms. The summed E-state index contributed by atoms with van der Waals surface area (Å²) in [6.07, 6.45) is 0. The summed E-state index contributed by atoms with van der Waals surface area (Å²) in [6, 6.07) is 12.7. The molecule has 0 aliphatic heterocycles. The van der Waals surface area contributed by atoms with Gasteiger partial charge >= 0.3 is 0 Å². The lowest BCUT2D eigenvalue weighted by Crippen LogP contribution is -2.31. The van der Waals surface area contributed by atoms with E-state index < -0.39 is 0 Å². The Balaban J connectivity index is 2.08. The molecule has 0 heterocycles. The molecule has 0 saturated heterocycles. The lowest BCUT2D eigenvalue weighted by atomic mass is 10.1. The first-order valence-corrected chi connectivity index (χ1v) is 8.45. The zero-order valence-corrected chi connectivity index (χ0v) is 15.3. The van der Waals surface area contributed by atoms with E-state index in [2.05, 4.69) is 21.2 Å². The minimum absolute atomic E-state index is 0.219. The molecule has 0 aromatic heterocycles. The van der Waals surface area contributed by atoms with Crippen LogP contribution in [0.5, 0.6) is 11.5 Å². The zero-order chi connectivity index (χ0) is 17.5. The summed E-state index contributed by atoms with van der Waals surface area (Å²) in [5.41, 5.74) is 7.55. The van der Waals surface area contributed by atoms with Crippen molar-refractivity contribution in [2.75, 3.05) is 20.3 Å². The third kappa shape index (κ3) is 4.49. The minimum Gasteiger partial charge on any atom is -0.493 e. The molecule has 1 unspecified atom stereocenters. The smallest absolute Gasteiger partial charge is 0.251 e. The maximum Gasteiger partial charge on any atom is 0.251 e. The Labute approximate surface area is 150 Å². The maximum atomic E-state index is 12.4. The maximum absolute atomic E-state index is 12.4. The summed E-state index contributed by atoms with van der Waals surface area (Å²) in [5.74, 6) is 0.865. The van der Waals surface area contributed by atoms with E-state index in [1.807, 2.05) is 37.3 Å². The van der Waals surface area contributed by atoms with Crippen molar-refractivity contribution < 1.29 is 14.3 Å². The largest absolute Gasteiger partial charge is 0.493 e. The van der Waals surface area contributed by atoms with Crippen LogP contribution in [0.15, 0.2) is 46.9 Å². The standard InChI is InChI=1S/C18H21BrN2O3/c1-3-24-17-14(19)9-13(10-16(17)23-2)18(22)21-11-15(20)12-7-5-4-6-8-12/h4-10,15H,3,11,20H2,1-2H3,(H,21,22). The molecule has 1 amide bonds. The number of carbonyl (C=O) groups excluding carboxylic acids is 1. The molecule has 5 nitrogen and oxygen atoms in total. The lowest BCUT2D eigenvalue weighted by Gasteiger charge is -2.15. The number of ether oxygens (including phenoxy) is 2. The molecule has 1 atom stereocenters. The molecular formula is C18H21BrN2O3. The molecule has 0 bridgehead atoms. The molecule has 2 aromatic carbocycles. The Morgan fingerprint density at radius 1 is 1.29 bits per heavy atom. The highest BCUT2D eigenvalue weighted by Crippen LogP contribution is 2.36. The average Bonchev–Trinajstić information content (AvgIpc) is 2.61. The van der Waals surface area contributed by atoms with Crippen LogP contribution in [-0.4, -0.2) is 26.2 Å². The van der Waals surface area contributed by atoms with Crippen LogP contribution in [0.4, 0.5) is 0 Å². The second-order valence-electron chi connectivity index (χ2n) is 5.15. The number of methoxy groups -OCH3 is 1. The molecule has 0 aliphatic rings. The fraction of sp³-hybridized carbons (Fsp3) is 0.278. The normalized spacial score (nSPS) is 11.7. The molecular weight excluding hydrogens is 372 g/mol. The average molecular weight is 393 g/mol. The predicted molar refractivity (Wildman–Crippen MR) is 97.6 cm³/mol. The first-order valence-electron chi connectivity index (χ1n) is 7.65. The van der Waals surface area contributed by atoms with E-state index in [9.17, 15) is 4.79 Å². The molecule has 2 aromatic rings. The van der Waals surface area contributed by atoms with Crippen molar-refractivity contribution in [3.05, 3.63) is 58.1 Å². The molecule has 128 valence electrons. The van der Waals surface area contributed by atoms with E-state index in [1.165, 1.54) is 7.11 Å². The Kier molecular flexibility index (Phi) is 6.63. The number of amides is 1. The number of nitrogens with one attached hydrogen (secondary N) is 1. The number of hydrogen-bond donors (Lipinski definition) is 2. The van der Waals surface area contributed by atoms with Crippen LogP contribution in [0, 0.1) is 0 Å². The highest BCUT2D eigenvalue weighted by Gasteiger charge is 2.16. The highest BCUT2D eigenvalue weighted by atomic mass is 79.9. The Morgan fingerprint density at radius 2 is 2.00 bits per heavy atom. The summed E-state index contributed by atoms with van der Waals surface area (Å²) in [7, 11) is 1.54. The van der Waals surface area contributed by atoms with Gasteiger partial charge in [0.1, 0.15) is 0 Å². The van der Waals surface area contributed by atoms with Crippen molar-refractivity contribution in [1.82, 2.24) is 5.32 Å². The fourth-order valence-corrected chi connectivity index (χ4v) is 2.81. The van der Waals surface area contributed by atoms with Crippen molar-refractivity contribution in [3.8, 4) is 11.5 Å². The van der Waals surface area contributed by atoms with Crippen LogP contribution in [0.2, 0.25) is 0 Å². The Bertz CT molecular complexity index is 692. The van der Waals surface area contributed by atoms with E-state index in [-0.39, 0.29) is 11.9 Å². The predicted octanol–water partition coefficient (Wildman–Crippen LogP) is 3.29. The van der Waals surface area contributed by atoms with Gasteiger partial charge < -0.3 is 20.5 Å². The summed E-state index contributed by atoms with van der Waals surface area (Å²) >= 11 is 3.42. The van der Waals surface area contributed by atoms with Gasteiger partial charge in [0, 0.05) is 18.2 Å². The highest BCUT2D eigenvalue weighted by molar-refractivity contribution is 9.10. The third-order valence-corrected chi connectivity index (χ3v) is 4.08. The van der Waals surface area contributed by atoms with Crippen molar-refractivity contribution >= 4 is 21.8 Å². The van der Waals surface area contributed by atoms with Gasteiger partial charge in [0.2, 0.25) is 0 Å². The number of carbonyl (C=O) groups is 1. The Hall–Kier alpha value is -2.05. The fourth-order valence-electron chi connectivity index (χ4n) is 2.26. The van der Waals surface area contributed by atoms with Crippen molar-refractivity contribution in [2.24, 2.45) is 5.73 Å². The van der Waals surface area contributed by atoms with E-state index in [0.29, 0.717) is 34.7 Å². The quantitative estimate of drug-likeness (QED) is 0.757. The second kappa shape index (κ2) is 8.70. The molecule has 0 aliphatic carbocycles. The van der Waals surface area contributed by atoms with Crippen LogP contribution in [-0.2, 0) is 0 Å². The van der Waals surface area contributed by atoms with Gasteiger partial charge in [0.25, 0.3) is 5.91 Å². The van der Waals surface area contributed by atoms with Gasteiger partial charge in [-0.3, -0.25) is 4.79 Å². The SMILES string of the molecule is CCOc1c(Br)cc(C(=O)NCC(N)c2ccccc2)cc1OC. The topological polar surface area (TPSA) is 73.6 Å². The van der Waals surface area contributed by atoms with Crippen molar-refractivity contribution in [3.63, 3.8) is 0 Å². The zero-order valence-electron chi connectivity index (χ0n) is 13.7. The monoisotopic (exact) mass is 392 g/mol. The van der Waals surface area contributed by atoms with Crippen LogP contribution in [0.3, 0.4) is 0 Å². The summed E-state index contributed by atoms with van der Waals surface area (Å²) in [5, 5.41) is 2.85. The molecule has 6 heteroatoms. The summed E-state index contributed by atoms with van der Waals surface area (Å²) in [4.78, 5) is 12.4. The van der Waals surface area contributed by atoms with Crippen LogP contribution < -0.4 is 20.5 Å². The van der Waals surface area contributed by atoms with Gasteiger partial charge in [-0.2, -0.15) is 0 Å². The summed E-state index contributed by atoms with van der Waals surface area (Å²) in [6.45, 7) is 2.74. The van der Waals surface area contributed by atoms with Gasteiger partial charge in [-0.1, -0.05) is 30.3 Å². The van der Waals surface area contributed by atoms with Crippen LogP contribution >= 0.6 is 15.9 Å². The number of hydrogen-bond acceptors (Lipinski definition) is 4. The van der Waals surface area contributed by atoms with Crippen molar-refractivity contribution in [1.29, 1.82) is 0 Å². The number of halogens is 1. The van der Waals surface area contributed by atoms with Crippen molar-refractivity contribution in [2.45, 2.75) is 13.0 Å². The van der Waals surface area contributed by atoms with Gasteiger partial charge in [-0.25, -0.2) is 0 Å². The van der Waals surface area contributed by atoms with Gasteiger partial charge in [0.05, 0.1) is 18.2 Å². The molecule has 0 radical (unpaired) electrons. The minimum atomic E-state index is -0.261. The third-order valence-electron chi connectivity index (χ3n) is 3.49. The number of rotatable bonds is 7. The summed E-state index contributed by atoms with van der Waals surface area (Å²) < 4.78 is 11.5. The van der Waals surface area contributed by atoms with Gasteiger partial charge in [-0.15, -0.1) is 0 Å². The van der Waals surface area contributed by atoms with Gasteiger partial charge in [-0.05, 0) is 40.5 Å².